The second kappa shape index (κ2) is 9.97. The lowest BCUT2D eigenvalue weighted by atomic mass is 10.0. The minimum absolute atomic E-state index is 0.0146. The first-order valence-corrected chi connectivity index (χ1v) is 12.3. The molecule has 0 bridgehead atoms. The Morgan fingerprint density at radius 2 is 1.74 bits per heavy atom. The van der Waals surface area contributed by atoms with E-state index in [0.29, 0.717) is 27.7 Å². The number of anilines is 1. The number of phenolic OH excluding ortho intramolecular Hbond substituents is 1. The first-order valence-electron chi connectivity index (χ1n) is 12.3. The molecule has 198 valence electrons. The molecular formula is C29H27N5O5. The smallest absolute Gasteiger partial charge is 0.408 e. The molecule has 1 aliphatic heterocycles. The maximum atomic E-state index is 13.5. The van der Waals surface area contributed by atoms with Crippen molar-refractivity contribution < 1.29 is 24.2 Å². The van der Waals surface area contributed by atoms with Crippen LogP contribution < -0.4 is 16.1 Å². The highest BCUT2D eigenvalue weighted by atomic mass is 16.6. The van der Waals surface area contributed by atoms with Crippen molar-refractivity contribution in [2.24, 2.45) is 5.10 Å². The van der Waals surface area contributed by atoms with Gasteiger partial charge in [0.1, 0.15) is 17.4 Å². The number of rotatable bonds is 5. The number of amides is 3. The molecular weight excluding hydrogens is 498 g/mol. The van der Waals surface area contributed by atoms with E-state index >= 15 is 0 Å². The van der Waals surface area contributed by atoms with Crippen molar-refractivity contribution in [1.82, 2.24) is 15.7 Å². The minimum Gasteiger partial charge on any atom is -0.508 e. The zero-order chi connectivity index (χ0) is 27.7. The van der Waals surface area contributed by atoms with Gasteiger partial charge in [0.05, 0.1) is 17.5 Å². The molecule has 0 aliphatic carbocycles. The largest absolute Gasteiger partial charge is 0.508 e. The summed E-state index contributed by atoms with van der Waals surface area (Å²) in [6.07, 6.45) is 0.815. The van der Waals surface area contributed by atoms with E-state index in [9.17, 15) is 19.5 Å². The zero-order valence-electron chi connectivity index (χ0n) is 21.5. The molecule has 2 heterocycles. The molecule has 5 N–H and O–H groups in total. The highest BCUT2D eigenvalue weighted by Gasteiger charge is 2.28. The molecule has 1 aliphatic rings. The van der Waals surface area contributed by atoms with Gasteiger partial charge in [-0.3, -0.25) is 9.59 Å². The molecule has 1 atom stereocenters. The highest BCUT2D eigenvalue weighted by molar-refractivity contribution is 6.18. The lowest BCUT2D eigenvalue weighted by Gasteiger charge is -2.23. The molecule has 3 aromatic carbocycles. The fourth-order valence-corrected chi connectivity index (χ4v) is 4.39. The molecule has 0 saturated heterocycles. The van der Waals surface area contributed by atoms with Gasteiger partial charge in [0.25, 0.3) is 11.8 Å². The Bertz CT molecular complexity index is 1600. The first kappa shape index (κ1) is 25.5. The molecule has 5 rings (SSSR count). The van der Waals surface area contributed by atoms with Gasteiger partial charge < -0.3 is 25.5 Å². The number of alkyl carbamates (subject to hydrolysis) is 1. The third kappa shape index (κ3) is 5.45. The molecule has 10 heteroatoms. The third-order valence-electron chi connectivity index (χ3n) is 6.02. The Morgan fingerprint density at radius 3 is 2.44 bits per heavy atom. The molecule has 4 aromatic rings. The van der Waals surface area contributed by atoms with Crippen LogP contribution in [-0.4, -0.2) is 39.8 Å². The number of carbonyl (C=O) groups excluding carboxylic acids is 3. The molecule has 0 saturated carbocycles. The van der Waals surface area contributed by atoms with E-state index in [1.165, 1.54) is 24.3 Å². The lowest BCUT2D eigenvalue weighted by molar-refractivity contribution is -0.118. The average Bonchev–Trinajstić information content (AvgIpc) is 3.16. The fourth-order valence-electron chi connectivity index (χ4n) is 4.39. The maximum absolute atomic E-state index is 13.5. The van der Waals surface area contributed by atoms with Gasteiger partial charge in [0, 0.05) is 22.2 Å². The summed E-state index contributed by atoms with van der Waals surface area (Å²) < 4.78 is 5.35. The molecule has 0 fully saturated rings. The number of hydrogen-bond acceptors (Lipinski definition) is 6. The number of ether oxygens (including phenoxy) is 1. The van der Waals surface area contributed by atoms with E-state index < -0.39 is 29.6 Å². The van der Waals surface area contributed by atoms with Crippen molar-refractivity contribution in [2.75, 3.05) is 5.32 Å². The van der Waals surface area contributed by atoms with Crippen molar-refractivity contribution >= 4 is 40.7 Å². The summed E-state index contributed by atoms with van der Waals surface area (Å²) >= 11 is 0. The topological polar surface area (TPSA) is 145 Å². The molecule has 0 radical (unpaired) electrons. The van der Waals surface area contributed by atoms with Gasteiger partial charge in [-0.1, -0.05) is 42.5 Å². The second-order valence-corrected chi connectivity index (χ2v) is 10.1. The van der Waals surface area contributed by atoms with Crippen molar-refractivity contribution in [3.63, 3.8) is 0 Å². The van der Waals surface area contributed by atoms with Crippen LogP contribution in [0.2, 0.25) is 0 Å². The van der Waals surface area contributed by atoms with Crippen LogP contribution in [0.5, 0.6) is 5.75 Å². The van der Waals surface area contributed by atoms with Crippen LogP contribution in [-0.2, 0) is 9.53 Å². The van der Waals surface area contributed by atoms with Gasteiger partial charge in [0.15, 0.2) is 0 Å². The summed E-state index contributed by atoms with van der Waals surface area (Å²) in [6.45, 7) is 5.15. The van der Waals surface area contributed by atoms with E-state index in [2.05, 4.69) is 26.1 Å². The maximum Gasteiger partial charge on any atom is 0.408 e. The van der Waals surface area contributed by atoms with E-state index in [1.807, 2.05) is 30.3 Å². The van der Waals surface area contributed by atoms with Crippen LogP contribution >= 0.6 is 0 Å². The van der Waals surface area contributed by atoms with Crippen LogP contribution in [0.1, 0.15) is 48.3 Å². The van der Waals surface area contributed by atoms with Gasteiger partial charge in [-0.2, -0.15) is 5.10 Å². The number of phenols is 1. The van der Waals surface area contributed by atoms with Crippen molar-refractivity contribution in [2.45, 2.75) is 32.4 Å². The van der Waals surface area contributed by atoms with Gasteiger partial charge >= 0.3 is 6.09 Å². The standard InChI is InChI=1S/C29H27N5O5/c1-29(2,3)39-28(38)33-25(17-9-11-19(35)12-10-17)27(37)31-18-13-20-23-21(15-30-34-26(20)36)24(32-22(23)14-18)16-7-5-4-6-8-16/h4-15,25,32,35H,1-3H3,(H,31,37)(H,33,38)(H,34,36)/t25-/m1/s1. The molecule has 0 spiro atoms. The lowest BCUT2D eigenvalue weighted by Crippen LogP contribution is -2.40. The van der Waals surface area contributed by atoms with Crippen molar-refractivity contribution in [1.29, 1.82) is 0 Å². The number of aromatic amines is 1. The number of hydrogen-bond donors (Lipinski definition) is 5. The summed E-state index contributed by atoms with van der Waals surface area (Å²) in [7, 11) is 0. The molecule has 0 unspecified atom stereocenters. The summed E-state index contributed by atoms with van der Waals surface area (Å²) in [6, 6.07) is 17.7. The number of aromatic hydroxyl groups is 1. The van der Waals surface area contributed by atoms with Gasteiger partial charge in [-0.25, -0.2) is 10.2 Å². The number of carbonyl (C=O) groups is 3. The van der Waals surface area contributed by atoms with E-state index in [1.54, 1.807) is 39.1 Å². The van der Waals surface area contributed by atoms with Crippen LogP contribution in [0, 0.1) is 0 Å². The molecule has 1 aromatic heterocycles. The predicted octanol–water partition coefficient (Wildman–Crippen LogP) is 4.82. The van der Waals surface area contributed by atoms with Gasteiger partial charge in [-0.15, -0.1) is 0 Å². The normalized spacial score (nSPS) is 13.4. The number of H-pyrrole nitrogens is 1. The Hall–Kier alpha value is -5.12. The monoisotopic (exact) mass is 525 g/mol. The van der Waals surface area contributed by atoms with Gasteiger partial charge in [0.2, 0.25) is 0 Å². The number of nitrogens with one attached hydrogen (secondary N) is 4. The summed E-state index contributed by atoms with van der Waals surface area (Å²) in [5, 5.41) is 19.8. The Kier molecular flexibility index (Phi) is 6.53. The highest BCUT2D eigenvalue weighted by Crippen LogP contribution is 2.34. The number of aromatic nitrogens is 1. The Labute approximate surface area is 224 Å². The average molecular weight is 526 g/mol. The van der Waals surface area contributed by atoms with E-state index in [-0.39, 0.29) is 5.75 Å². The zero-order valence-corrected chi connectivity index (χ0v) is 21.5. The fraction of sp³-hybridized carbons (Fsp3) is 0.172. The van der Waals surface area contributed by atoms with Crippen LogP contribution in [0.4, 0.5) is 10.5 Å². The third-order valence-corrected chi connectivity index (χ3v) is 6.02. The molecule has 39 heavy (non-hydrogen) atoms. The second-order valence-electron chi connectivity index (χ2n) is 10.1. The van der Waals surface area contributed by atoms with Crippen molar-refractivity contribution in [3.05, 3.63) is 83.4 Å². The SMILES string of the molecule is CC(C)(C)OC(=O)N[C@@H](C(=O)Nc1cc2c3c(c(-c4ccccc4)[nH]c3c1)C=NNC2=O)c1ccc(O)cc1. The van der Waals surface area contributed by atoms with Crippen molar-refractivity contribution in [3.8, 4) is 17.0 Å². The summed E-state index contributed by atoms with van der Waals surface area (Å²) in [5.74, 6) is -0.981. The predicted molar refractivity (Wildman–Crippen MR) is 148 cm³/mol. The van der Waals surface area contributed by atoms with Crippen LogP contribution in [0.3, 0.4) is 0 Å². The Morgan fingerprint density at radius 1 is 1.03 bits per heavy atom. The van der Waals surface area contributed by atoms with Crippen LogP contribution in [0.25, 0.3) is 22.2 Å². The van der Waals surface area contributed by atoms with E-state index in [0.717, 1.165) is 16.8 Å². The number of nitrogens with zero attached hydrogens (tertiary/aromatic N) is 1. The first-order chi connectivity index (χ1) is 18.6. The number of hydrazone groups is 1. The quantitative estimate of drug-likeness (QED) is 0.254. The van der Waals surface area contributed by atoms with E-state index in [4.69, 9.17) is 4.74 Å². The summed E-state index contributed by atoms with van der Waals surface area (Å²) in [4.78, 5) is 42.3. The van der Waals surface area contributed by atoms with Crippen LogP contribution in [0.15, 0.2) is 71.8 Å². The Balaban J connectivity index is 1.52. The minimum atomic E-state index is -1.15. The summed E-state index contributed by atoms with van der Waals surface area (Å²) in [5.41, 5.74) is 5.89. The number of benzene rings is 3. The molecule has 10 nitrogen and oxygen atoms in total. The molecule has 3 amide bonds. The van der Waals surface area contributed by atoms with Gasteiger partial charge in [-0.05, 0) is 56.2 Å².